The predicted molar refractivity (Wildman–Crippen MR) is 91.7 cm³/mol. The molecule has 3 aliphatic rings. The van der Waals surface area contributed by atoms with Crippen LogP contribution in [0.2, 0.25) is 0 Å². The summed E-state index contributed by atoms with van der Waals surface area (Å²) in [5.41, 5.74) is 7.48. The molecule has 0 aromatic heterocycles. The molecule has 1 aliphatic heterocycles. The molecule has 23 heavy (non-hydrogen) atoms. The van der Waals surface area contributed by atoms with Gasteiger partial charge in [0.15, 0.2) is 0 Å². The number of nitrogens with zero attached hydrogens (tertiary/aromatic N) is 1. The van der Waals surface area contributed by atoms with E-state index in [4.69, 9.17) is 10.5 Å². The summed E-state index contributed by atoms with van der Waals surface area (Å²) in [4.78, 5) is 15.0. The summed E-state index contributed by atoms with van der Waals surface area (Å²) in [6.45, 7) is 1.93. The second-order valence-corrected chi connectivity index (χ2v) is 8.05. The number of ether oxygens (including phenoxy) is 1. The third-order valence-electron chi connectivity index (χ3n) is 5.89. The van der Waals surface area contributed by atoms with Gasteiger partial charge in [-0.3, -0.25) is 4.79 Å². The Hall–Kier alpha value is -0.910. The Bertz CT molecular complexity index is 589. The fraction of sp³-hybridized carbons (Fsp3) is 0.611. The van der Waals surface area contributed by atoms with Gasteiger partial charge in [0.2, 0.25) is 5.91 Å². The molecule has 2 saturated carbocycles. The highest BCUT2D eigenvalue weighted by molar-refractivity contribution is 9.10. The van der Waals surface area contributed by atoms with Crippen molar-refractivity contribution >= 4 is 21.8 Å². The van der Waals surface area contributed by atoms with Crippen molar-refractivity contribution in [2.75, 3.05) is 19.7 Å². The van der Waals surface area contributed by atoms with Crippen LogP contribution in [0.25, 0.3) is 0 Å². The minimum atomic E-state index is -0.0318. The number of carbonyl (C=O) groups is 1. The molecule has 3 fully saturated rings. The molecule has 4 rings (SSSR count). The second kappa shape index (κ2) is 6.19. The van der Waals surface area contributed by atoms with Crippen LogP contribution >= 0.6 is 15.9 Å². The third kappa shape index (κ3) is 2.83. The van der Waals surface area contributed by atoms with E-state index in [0.717, 1.165) is 16.5 Å². The van der Waals surface area contributed by atoms with Crippen LogP contribution in [0.4, 0.5) is 0 Å². The Balaban J connectivity index is 1.47. The van der Waals surface area contributed by atoms with E-state index < -0.39 is 0 Å². The maximum Gasteiger partial charge on any atom is 0.227 e. The van der Waals surface area contributed by atoms with Crippen molar-refractivity contribution in [3.8, 4) is 0 Å². The normalized spacial score (nSPS) is 36.4. The topological polar surface area (TPSA) is 55.6 Å². The third-order valence-corrected chi connectivity index (χ3v) is 6.41. The number of amides is 1. The first-order chi connectivity index (χ1) is 11.1. The first-order valence-electron chi connectivity index (χ1n) is 8.55. The molecule has 0 spiro atoms. The van der Waals surface area contributed by atoms with Gasteiger partial charge in [-0.05, 0) is 48.8 Å². The van der Waals surface area contributed by atoms with Gasteiger partial charge in [0.1, 0.15) is 6.10 Å². The largest absolute Gasteiger partial charge is 0.370 e. The number of hydrogen-bond acceptors (Lipinski definition) is 3. The number of morpholine rings is 1. The van der Waals surface area contributed by atoms with Gasteiger partial charge < -0.3 is 15.4 Å². The molecule has 4 nitrogen and oxygen atoms in total. The zero-order valence-corrected chi connectivity index (χ0v) is 14.7. The van der Waals surface area contributed by atoms with Gasteiger partial charge in [-0.2, -0.15) is 0 Å². The van der Waals surface area contributed by atoms with Crippen LogP contribution in [0.3, 0.4) is 0 Å². The van der Waals surface area contributed by atoms with E-state index in [1.807, 2.05) is 17.0 Å². The molecule has 5 unspecified atom stereocenters. The smallest absolute Gasteiger partial charge is 0.227 e. The molecule has 5 heteroatoms. The summed E-state index contributed by atoms with van der Waals surface area (Å²) < 4.78 is 6.95. The van der Waals surface area contributed by atoms with Crippen molar-refractivity contribution in [1.82, 2.24) is 4.90 Å². The minimum Gasteiger partial charge on any atom is -0.370 e. The summed E-state index contributed by atoms with van der Waals surface area (Å²) in [6, 6.07) is 8.23. The molecule has 2 N–H and O–H groups in total. The summed E-state index contributed by atoms with van der Waals surface area (Å²) in [5.74, 6) is 1.38. The van der Waals surface area contributed by atoms with Crippen molar-refractivity contribution in [1.29, 1.82) is 0 Å². The number of nitrogens with two attached hydrogens (primary N) is 1. The quantitative estimate of drug-likeness (QED) is 0.860. The van der Waals surface area contributed by atoms with Gasteiger partial charge in [0, 0.05) is 17.1 Å². The van der Waals surface area contributed by atoms with Gasteiger partial charge in [-0.25, -0.2) is 0 Å². The number of hydrogen-bond donors (Lipinski definition) is 1. The average Bonchev–Trinajstić information content (AvgIpc) is 3.16. The first-order valence-corrected chi connectivity index (χ1v) is 9.34. The molecule has 2 bridgehead atoms. The van der Waals surface area contributed by atoms with E-state index in [9.17, 15) is 4.79 Å². The van der Waals surface area contributed by atoms with Gasteiger partial charge in [0.05, 0.1) is 19.1 Å². The van der Waals surface area contributed by atoms with E-state index in [-0.39, 0.29) is 24.0 Å². The molecule has 1 heterocycles. The molecule has 2 aliphatic carbocycles. The SMILES string of the molecule is NC1C2CCC(C2)C1C(=O)N1CCOC(c2ccc(Br)cc2)C1. The zero-order chi connectivity index (χ0) is 16.0. The van der Waals surface area contributed by atoms with Crippen LogP contribution < -0.4 is 5.73 Å². The van der Waals surface area contributed by atoms with Crippen LogP contribution in [-0.4, -0.2) is 36.5 Å². The molecule has 0 radical (unpaired) electrons. The van der Waals surface area contributed by atoms with Crippen molar-refractivity contribution in [2.24, 2.45) is 23.5 Å². The van der Waals surface area contributed by atoms with E-state index in [0.29, 0.717) is 31.5 Å². The zero-order valence-electron chi connectivity index (χ0n) is 13.2. The van der Waals surface area contributed by atoms with E-state index in [2.05, 4.69) is 28.1 Å². The maximum absolute atomic E-state index is 13.0. The molecular weight excluding hydrogens is 356 g/mol. The lowest BCUT2D eigenvalue weighted by molar-refractivity contribution is -0.145. The summed E-state index contributed by atoms with van der Waals surface area (Å²) >= 11 is 3.46. The lowest BCUT2D eigenvalue weighted by Crippen LogP contribution is -2.50. The van der Waals surface area contributed by atoms with E-state index in [1.54, 1.807) is 0 Å². The summed E-state index contributed by atoms with van der Waals surface area (Å²) in [6.07, 6.45) is 3.50. The van der Waals surface area contributed by atoms with Gasteiger partial charge in [-0.1, -0.05) is 28.1 Å². The Kier molecular flexibility index (Phi) is 4.20. The van der Waals surface area contributed by atoms with Crippen molar-refractivity contribution in [3.63, 3.8) is 0 Å². The standard InChI is InChI=1S/C18H23BrN2O2/c19-14-5-3-11(4-6-14)15-10-21(7-8-23-15)18(22)16-12-1-2-13(9-12)17(16)20/h3-6,12-13,15-17H,1-2,7-10,20H2. The van der Waals surface area contributed by atoms with Crippen molar-refractivity contribution < 1.29 is 9.53 Å². The minimum absolute atomic E-state index is 0.0318. The van der Waals surface area contributed by atoms with Crippen LogP contribution in [-0.2, 0) is 9.53 Å². The molecule has 1 aromatic carbocycles. The number of halogens is 1. The maximum atomic E-state index is 13.0. The highest BCUT2D eigenvalue weighted by Crippen LogP contribution is 2.48. The Morgan fingerprint density at radius 3 is 2.65 bits per heavy atom. The average molecular weight is 379 g/mol. The fourth-order valence-corrected chi connectivity index (χ4v) is 4.91. The number of rotatable bonds is 2. The first kappa shape index (κ1) is 15.6. The van der Waals surface area contributed by atoms with Gasteiger partial charge >= 0.3 is 0 Å². The van der Waals surface area contributed by atoms with E-state index >= 15 is 0 Å². The summed E-state index contributed by atoms with van der Waals surface area (Å²) in [7, 11) is 0. The number of carbonyl (C=O) groups excluding carboxylic acids is 1. The Morgan fingerprint density at radius 2 is 1.96 bits per heavy atom. The Labute approximate surface area is 145 Å². The Morgan fingerprint density at radius 1 is 1.22 bits per heavy atom. The van der Waals surface area contributed by atoms with Crippen LogP contribution in [0.15, 0.2) is 28.7 Å². The van der Waals surface area contributed by atoms with Crippen LogP contribution in [0.5, 0.6) is 0 Å². The molecule has 1 saturated heterocycles. The highest BCUT2D eigenvalue weighted by atomic mass is 79.9. The fourth-order valence-electron chi connectivity index (χ4n) is 4.64. The number of fused-ring (bicyclic) bond motifs is 2. The molecule has 1 aromatic rings. The summed E-state index contributed by atoms with van der Waals surface area (Å²) in [5, 5.41) is 0. The molecular formula is C18H23BrN2O2. The molecule has 1 amide bonds. The second-order valence-electron chi connectivity index (χ2n) is 7.13. The van der Waals surface area contributed by atoms with Crippen molar-refractivity contribution in [3.05, 3.63) is 34.3 Å². The monoisotopic (exact) mass is 378 g/mol. The van der Waals surface area contributed by atoms with E-state index in [1.165, 1.54) is 12.8 Å². The molecule has 5 atom stereocenters. The lowest BCUT2D eigenvalue weighted by atomic mass is 9.84. The highest BCUT2D eigenvalue weighted by Gasteiger charge is 2.50. The van der Waals surface area contributed by atoms with Crippen LogP contribution in [0.1, 0.15) is 30.9 Å². The van der Waals surface area contributed by atoms with Gasteiger partial charge in [-0.15, -0.1) is 0 Å². The lowest BCUT2D eigenvalue weighted by Gasteiger charge is -2.37. The van der Waals surface area contributed by atoms with Gasteiger partial charge in [0.25, 0.3) is 0 Å². The van der Waals surface area contributed by atoms with Crippen molar-refractivity contribution in [2.45, 2.75) is 31.4 Å². The number of benzene rings is 1. The van der Waals surface area contributed by atoms with Crippen LogP contribution in [0, 0.1) is 17.8 Å². The predicted octanol–water partition coefficient (Wildman–Crippen LogP) is 2.72. The molecule has 124 valence electrons.